The van der Waals surface area contributed by atoms with Crippen molar-refractivity contribution < 1.29 is 13.9 Å². The highest BCUT2D eigenvalue weighted by atomic mass is 19.1. The minimum absolute atomic E-state index is 0.0453. The predicted octanol–water partition coefficient (Wildman–Crippen LogP) is 3.13. The lowest BCUT2D eigenvalue weighted by atomic mass is 10.0. The maximum Gasteiger partial charge on any atom is 0.339 e. The number of fused-ring (bicyclic) bond motifs is 1. The normalized spacial score (nSPS) is 20.3. The van der Waals surface area contributed by atoms with Gasteiger partial charge in [-0.1, -0.05) is 0 Å². The number of esters is 1. The van der Waals surface area contributed by atoms with E-state index in [1.165, 1.54) is 12.1 Å². The van der Waals surface area contributed by atoms with Gasteiger partial charge in [0.25, 0.3) is 5.56 Å². The third kappa shape index (κ3) is 3.41. The van der Waals surface area contributed by atoms with Gasteiger partial charge in [-0.15, -0.1) is 0 Å². The van der Waals surface area contributed by atoms with Gasteiger partial charge in [0, 0.05) is 36.6 Å². The Morgan fingerprint density at radius 1 is 1.34 bits per heavy atom. The number of carbonyl (C=O) groups is 1. The number of rotatable bonds is 5. The first-order valence-corrected chi connectivity index (χ1v) is 10.4. The highest BCUT2D eigenvalue weighted by Crippen LogP contribution is 2.41. The molecular formula is C22H28FN3O3. The number of nitrogens with two attached hydrogens (primary N) is 1. The van der Waals surface area contributed by atoms with Crippen molar-refractivity contribution in [2.75, 3.05) is 24.6 Å². The average molecular weight is 401 g/mol. The Bertz CT molecular complexity index is 1030. The van der Waals surface area contributed by atoms with Crippen LogP contribution in [0.3, 0.4) is 0 Å². The van der Waals surface area contributed by atoms with Gasteiger partial charge in [-0.25, -0.2) is 9.18 Å². The van der Waals surface area contributed by atoms with E-state index in [1.54, 1.807) is 11.5 Å². The number of pyridine rings is 1. The van der Waals surface area contributed by atoms with Gasteiger partial charge in [0.1, 0.15) is 5.82 Å². The molecular weight excluding hydrogens is 373 g/mol. The summed E-state index contributed by atoms with van der Waals surface area (Å²) in [6, 6.07) is 2.83. The molecule has 156 valence electrons. The van der Waals surface area contributed by atoms with Crippen LogP contribution < -0.4 is 16.2 Å². The summed E-state index contributed by atoms with van der Waals surface area (Å²) in [5, 5.41) is 0.441. The van der Waals surface area contributed by atoms with Crippen LogP contribution >= 0.6 is 0 Å². The van der Waals surface area contributed by atoms with Gasteiger partial charge < -0.3 is 19.9 Å². The van der Waals surface area contributed by atoms with E-state index in [1.807, 2.05) is 18.7 Å². The van der Waals surface area contributed by atoms with Gasteiger partial charge in [-0.3, -0.25) is 4.79 Å². The van der Waals surface area contributed by atoms with Crippen molar-refractivity contribution in [3.63, 3.8) is 0 Å². The Morgan fingerprint density at radius 3 is 2.66 bits per heavy atom. The first kappa shape index (κ1) is 19.9. The average Bonchev–Trinajstić information content (AvgIpc) is 3.38. The monoisotopic (exact) mass is 401 g/mol. The van der Waals surface area contributed by atoms with Crippen LogP contribution in [0.4, 0.5) is 10.1 Å². The van der Waals surface area contributed by atoms with Gasteiger partial charge in [0.05, 0.1) is 23.4 Å². The second-order valence-electron chi connectivity index (χ2n) is 8.30. The molecule has 1 aromatic carbocycles. The standard InChI is InChI=1S/C22H28FN3O3/c1-4-29-22(28)17-10-19(27)26(15-5-6-15)20-12(2)21(18(23)9-16(17)20)25-8-7-14(11-25)13(3)24/h9-10,13-15H,4-8,11,24H2,1-3H3/t13-,14?/m0/s1. The maximum atomic E-state index is 15.3. The Balaban J connectivity index is 1.94. The highest BCUT2D eigenvalue weighted by Gasteiger charge is 2.32. The van der Waals surface area contributed by atoms with Gasteiger partial charge in [0.2, 0.25) is 0 Å². The van der Waals surface area contributed by atoms with E-state index in [9.17, 15) is 9.59 Å². The van der Waals surface area contributed by atoms with Crippen LogP contribution in [0.5, 0.6) is 0 Å². The Labute approximate surface area is 169 Å². The van der Waals surface area contributed by atoms with Gasteiger partial charge in [-0.2, -0.15) is 0 Å². The minimum Gasteiger partial charge on any atom is -0.462 e. The zero-order valence-electron chi connectivity index (χ0n) is 17.2. The summed E-state index contributed by atoms with van der Waals surface area (Å²) >= 11 is 0. The topological polar surface area (TPSA) is 77.6 Å². The molecule has 1 aliphatic heterocycles. The molecule has 7 heteroatoms. The lowest BCUT2D eigenvalue weighted by Crippen LogP contribution is -2.30. The van der Waals surface area contributed by atoms with Gasteiger partial charge in [0.15, 0.2) is 0 Å². The van der Waals surface area contributed by atoms with E-state index in [4.69, 9.17) is 10.5 Å². The molecule has 1 aliphatic carbocycles. The summed E-state index contributed by atoms with van der Waals surface area (Å²) in [4.78, 5) is 27.4. The van der Waals surface area contributed by atoms with Crippen molar-refractivity contribution in [1.29, 1.82) is 0 Å². The number of nitrogens with zero attached hydrogens (tertiary/aromatic N) is 2. The van der Waals surface area contributed by atoms with Crippen molar-refractivity contribution in [3.8, 4) is 0 Å². The quantitative estimate of drug-likeness (QED) is 0.779. The molecule has 1 saturated carbocycles. The zero-order chi connectivity index (χ0) is 20.9. The molecule has 1 saturated heterocycles. The Morgan fingerprint density at radius 2 is 2.07 bits per heavy atom. The van der Waals surface area contributed by atoms with Crippen LogP contribution in [-0.4, -0.2) is 36.3 Å². The summed E-state index contributed by atoms with van der Waals surface area (Å²) in [7, 11) is 0. The number of hydrogen-bond acceptors (Lipinski definition) is 5. The predicted molar refractivity (Wildman–Crippen MR) is 111 cm³/mol. The molecule has 1 aromatic heterocycles. The third-order valence-corrected chi connectivity index (χ3v) is 6.19. The first-order valence-electron chi connectivity index (χ1n) is 10.4. The third-order valence-electron chi connectivity index (χ3n) is 6.19. The van der Waals surface area contributed by atoms with E-state index >= 15 is 4.39 Å². The number of ether oxygens (including phenoxy) is 1. The van der Waals surface area contributed by atoms with Crippen molar-refractivity contribution in [2.24, 2.45) is 11.7 Å². The fourth-order valence-electron chi connectivity index (χ4n) is 4.53. The van der Waals surface area contributed by atoms with Gasteiger partial charge >= 0.3 is 5.97 Å². The van der Waals surface area contributed by atoms with Crippen LogP contribution in [0.1, 0.15) is 55.1 Å². The molecule has 6 nitrogen and oxygen atoms in total. The lowest BCUT2D eigenvalue weighted by Gasteiger charge is -2.25. The first-order chi connectivity index (χ1) is 13.8. The highest BCUT2D eigenvalue weighted by molar-refractivity contribution is 6.05. The van der Waals surface area contributed by atoms with E-state index in [0.29, 0.717) is 34.6 Å². The fourth-order valence-corrected chi connectivity index (χ4v) is 4.53. The Kier molecular flexibility index (Phi) is 5.11. The van der Waals surface area contributed by atoms with E-state index < -0.39 is 5.97 Å². The summed E-state index contributed by atoms with van der Waals surface area (Å²) < 4.78 is 22.2. The van der Waals surface area contributed by atoms with Gasteiger partial charge in [-0.05, 0) is 57.6 Å². The molecule has 2 heterocycles. The molecule has 29 heavy (non-hydrogen) atoms. The largest absolute Gasteiger partial charge is 0.462 e. The number of aryl methyl sites for hydroxylation is 1. The summed E-state index contributed by atoms with van der Waals surface area (Å²) in [6.45, 7) is 7.13. The van der Waals surface area contributed by atoms with E-state index in [-0.39, 0.29) is 35.6 Å². The molecule has 0 amide bonds. The van der Waals surface area contributed by atoms with Crippen LogP contribution in [0.2, 0.25) is 0 Å². The van der Waals surface area contributed by atoms with Crippen LogP contribution in [0.25, 0.3) is 10.9 Å². The zero-order valence-corrected chi connectivity index (χ0v) is 17.2. The van der Waals surface area contributed by atoms with Crippen molar-refractivity contribution in [1.82, 2.24) is 4.57 Å². The number of carbonyl (C=O) groups excluding carboxylic acids is 1. The molecule has 0 bridgehead atoms. The lowest BCUT2D eigenvalue weighted by molar-refractivity contribution is 0.0528. The summed E-state index contributed by atoms with van der Waals surface area (Å²) in [5.41, 5.74) is 7.80. The molecule has 4 rings (SSSR count). The van der Waals surface area contributed by atoms with E-state index in [2.05, 4.69) is 0 Å². The van der Waals surface area contributed by atoms with Crippen LogP contribution in [-0.2, 0) is 4.74 Å². The number of hydrogen-bond donors (Lipinski definition) is 1. The number of halogens is 1. The molecule has 2 aliphatic rings. The number of benzene rings is 1. The second kappa shape index (κ2) is 7.44. The molecule has 2 atom stereocenters. The molecule has 2 aromatic rings. The van der Waals surface area contributed by atoms with Crippen LogP contribution in [0.15, 0.2) is 16.9 Å². The van der Waals surface area contributed by atoms with E-state index in [0.717, 1.165) is 25.8 Å². The fraction of sp³-hybridized carbons (Fsp3) is 0.545. The van der Waals surface area contributed by atoms with Crippen molar-refractivity contribution in [2.45, 2.75) is 52.1 Å². The smallest absolute Gasteiger partial charge is 0.339 e. The molecule has 2 N–H and O–H groups in total. The molecule has 1 unspecified atom stereocenters. The maximum absolute atomic E-state index is 15.3. The minimum atomic E-state index is -0.595. The number of anilines is 1. The molecule has 0 radical (unpaired) electrons. The molecule has 2 fully saturated rings. The molecule has 0 spiro atoms. The van der Waals surface area contributed by atoms with Crippen LogP contribution in [0, 0.1) is 18.7 Å². The SMILES string of the molecule is CCOC(=O)c1cc(=O)n(C2CC2)c2c(C)c(N3CCC([C@H](C)N)C3)c(F)cc12. The Hall–Kier alpha value is -2.41. The van der Waals surface area contributed by atoms with Crippen molar-refractivity contribution >= 4 is 22.6 Å². The number of aromatic nitrogens is 1. The van der Waals surface area contributed by atoms with Crippen molar-refractivity contribution in [3.05, 3.63) is 39.4 Å². The second-order valence-corrected chi connectivity index (χ2v) is 8.30. The summed E-state index contributed by atoms with van der Waals surface area (Å²) in [5.74, 6) is -0.671. The summed E-state index contributed by atoms with van der Waals surface area (Å²) in [6.07, 6.45) is 2.74.